The first-order valence-corrected chi connectivity index (χ1v) is 10.1. The zero-order valence-electron chi connectivity index (χ0n) is 15.1. The van der Waals surface area contributed by atoms with E-state index in [9.17, 15) is 14.2 Å². The van der Waals surface area contributed by atoms with Crippen molar-refractivity contribution < 1.29 is 23.1 Å². The van der Waals surface area contributed by atoms with Crippen LogP contribution in [0.25, 0.3) is 0 Å². The van der Waals surface area contributed by atoms with Gasteiger partial charge in [-0.3, -0.25) is 9.11 Å². The molecule has 0 bridgehead atoms. The van der Waals surface area contributed by atoms with Crippen LogP contribution in [0.15, 0.2) is 70.7 Å². The minimum Gasteiger partial charge on any atom is -0.504 e. The molecule has 0 saturated heterocycles. The lowest BCUT2D eigenvalue weighted by molar-refractivity contribution is 0.373. The normalized spacial score (nSPS) is 18.0. The van der Waals surface area contributed by atoms with Gasteiger partial charge in [-0.05, 0) is 48.4 Å². The summed E-state index contributed by atoms with van der Waals surface area (Å²) in [6, 6.07) is 12.2. The van der Waals surface area contributed by atoms with Gasteiger partial charge in [0.1, 0.15) is 10.6 Å². The topological polar surface area (TPSA) is 94.8 Å². The van der Waals surface area contributed by atoms with Crippen molar-refractivity contribution in [3.8, 4) is 17.2 Å². The van der Waals surface area contributed by atoms with Gasteiger partial charge in [-0.1, -0.05) is 18.2 Å². The predicted molar refractivity (Wildman–Crippen MR) is 109 cm³/mol. The van der Waals surface area contributed by atoms with Crippen LogP contribution in [0.4, 0.5) is 5.69 Å². The smallest absolute Gasteiger partial charge is 0.166 e. The second-order valence-corrected chi connectivity index (χ2v) is 7.90. The fourth-order valence-electron chi connectivity index (χ4n) is 3.07. The summed E-state index contributed by atoms with van der Waals surface area (Å²) in [4.78, 5) is 6.71. The van der Waals surface area contributed by atoms with Gasteiger partial charge in [0.2, 0.25) is 0 Å². The number of hydrogen-bond acceptors (Lipinski definition) is 7. The number of aliphatic imine (C=N–C) groups is 1. The molecule has 0 aromatic heterocycles. The minimum absolute atomic E-state index is 0.0816. The predicted octanol–water partition coefficient (Wildman–Crippen LogP) is 4.44. The maximum atomic E-state index is 10.6. The van der Waals surface area contributed by atoms with Crippen molar-refractivity contribution in [2.45, 2.75) is 6.42 Å². The summed E-state index contributed by atoms with van der Waals surface area (Å²) in [5.41, 5.74) is 1.45. The van der Waals surface area contributed by atoms with Crippen LogP contribution in [0.5, 0.6) is 17.2 Å². The average molecular weight is 400 g/mol. The van der Waals surface area contributed by atoms with Crippen LogP contribution in [-0.4, -0.2) is 38.6 Å². The van der Waals surface area contributed by atoms with E-state index in [4.69, 9.17) is 8.92 Å². The fraction of sp³-hybridized carbons (Fsp3) is 0.150. The summed E-state index contributed by atoms with van der Waals surface area (Å²) < 4.78 is 31.6. The molecule has 2 heterocycles. The zero-order valence-corrected chi connectivity index (χ0v) is 16.0. The number of benzene rings is 2. The number of phenols is 1. The molecule has 0 unspecified atom stereocenters. The molecule has 2 aliphatic heterocycles. The fourth-order valence-corrected chi connectivity index (χ4v) is 4.21. The average Bonchev–Trinajstić information content (AvgIpc) is 2.79. The number of fused-ring (bicyclic) bond motifs is 2. The minimum atomic E-state index is -3.48. The van der Waals surface area contributed by atoms with Crippen molar-refractivity contribution in [2.24, 2.45) is 4.99 Å². The number of nitrogens with zero attached hydrogens (tertiary/aromatic N) is 2. The van der Waals surface area contributed by atoms with E-state index >= 15 is 0 Å². The monoisotopic (exact) mass is 400 g/mol. The van der Waals surface area contributed by atoms with Crippen molar-refractivity contribution in [2.75, 3.05) is 13.7 Å². The molecule has 2 aliphatic rings. The standard InChI is InChI=1S/C20H20N2O5S/c1-26-18-9-8-14(13-16(18)23)10-12-22-11-4-7-19-20(22)21-15-5-2-3-6-17(15)27-28(19,24)25/h2-9,11,13,23-25H,10,12H2,1H3. The lowest BCUT2D eigenvalue weighted by Crippen LogP contribution is -2.33. The first-order valence-electron chi connectivity index (χ1n) is 8.65. The van der Waals surface area contributed by atoms with E-state index in [-0.39, 0.29) is 10.7 Å². The highest BCUT2D eigenvalue weighted by molar-refractivity contribution is 8.24. The molecule has 0 aliphatic carbocycles. The molecule has 0 radical (unpaired) electrons. The Kier molecular flexibility index (Phi) is 4.76. The van der Waals surface area contributed by atoms with Crippen LogP contribution in [0.1, 0.15) is 5.56 Å². The number of ether oxygens (including phenoxy) is 1. The number of hydrogen-bond donors (Lipinski definition) is 3. The van der Waals surface area contributed by atoms with Crippen LogP contribution in [-0.2, 0) is 6.42 Å². The summed E-state index contributed by atoms with van der Waals surface area (Å²) in [5, 5.41) is 9.97. The Morgan fingerprint density at radius 2 is 2.00 bits per heavy atom. The van der Waals surface area contributed by atoms with Crippen molar-refractivity contribution >= 4 is 22.4 Å². The first-order chi connectivity index (χ1) is 13.5. The molecule has 2 aromatic rings. The number of aromatic hydroxyl groups is 1. The quantitative estimate of drug-likeness (QED) is 0.702. The Morgan fingerprint density at radius 1 is 1.18 bits per heavy atom. The third-order valence-corrected chi connectivity index (χ3v) is 5.78. The second-order valence-electron chi connectivity index (χ2n) is 6.31. The van der Waals surface area contributed by atoms with E-state index in [1.54, 1.807) is 42.5 Å². The van der Waals surface area contributed by atoms with Gasteiger partial charge in [0.25, 0.3) is 0 Å². The van der Waals surface area contributed by atoms with E-state index < -0.39 is 10.9 Å². The summed E-state index contributed by atoms with van der Waals surface area (Å²) in [6.45, 7) is 0.524. The van der Waals surface area contributed by atoms with Crippen LogP contribution >= 0.6 is 10.9 Å². The number of allylic oxidation sites excluding steroid dienone is 2. The van der Waals surface area contributed by atoms with Crippen molar-refractivity contribution in [1.29, 1.82) is 0 Å². The van der Waals surface area contributed by atoms with Crippen molar-refractivity contribution in [1.82, 2.24) is 4.90 Å². The molecular formula is C20H20N2O5S. The summed E-state index contributed by atoms with van der Waals surface area (Å²) in [7, 11) is -1.98. The lowest BCUT2D eigenvalue weighted by atomic mass is 10.1. The number of methoxy groups -OCH3 is 1. The molecule has 0 fully saturated rings. The number of amidine groups is 1. The van der Waals surface area contributed by atoms with Gasteiger partial charge in [-0.2, -0.15) is 0 Å². The summed E-state index contributed by atoms with van der Waals surface area (Å²) >= 11 is 0. The molecule has 7 nitrogen and oxygen atoms in total. The van der Waals surface area contributed by atoms with Crippen LogP contribution in [0.2, 0.25) is 0 Å². The summed E-state index contributed by atoms with van der Waals surface area (Å²) in [6.07, 6.45) is 5.77. The van der Waals surface area contributed by atoms with Gasteiger partial charge in [-0.15, -0.1) is 0 Å². The van der Waals surface area contributed by atoms with Gasteiger partial charge in [0.05, 0.1) is 7.11 Å². The Morgan fingerprint density at radius 3 is 2.79 bits per heavy atom. The number of rotatable bonds is 4. The maximum Gasteiger partial charge on any atom is 0.166 e. The van der Waals surface area contributed by atoms with Gasteiger partial charge in [-0.25, -0.2) is 4.99 Å². The zero-order chi connectivity index (χ0) is 19.7. The maximum absolute atomic E-state index is 10.6. The largest absolute Gasteiger partial charge is 0.504 e. The van der Waals surface area contributed by atoms with Gasteiger partial charge >= 0.3 is 0 Å². The molecule has 8 heteroatoms. The van der Waals surface area contributed by atoms with E-state index in [0.717, 1.165) is 5.56 Å². The molecular weight excluding hydrogens is 380 g/mol. The van der Waals surface area contributed by atoms with Gasteiger partial charge < -0.3 is 18.9 Å². The number of para-hydroxylation sites is 2. The highest BCUT2D eigenvalue weighted by Crippen LogP contribution is 2.54. The van der Waals surface area contributed by atoms with Gasteiger partial charge in [0, 0.05) is 12.7 Å². The molecule has 28 heavy (non-hydrogen) atoms. The van der Waals surface area contributed by atoms with E-state index in [0.29, 0.717) is 36.0 Å². The van der Waals surface area contributed by atoms with E-state index in [2.05, 4.69) is 4.99 Å². The molecule has 0 spiro atoms. The van der Waals surface area contributed by atoms with Gasteiger partial charge in [0.15, 0.2) is 34.0 Å². The Hall–Kier alpha value is -2.94. The summed E-state index contributed by atoms with van der Waals surface area (Å²) in [5.74, 6) is 1.26. The van der Waals surface area contributed by atoms with E-state index in [1.165, 1.54) is 7.11 Å². The molecule has 4 rings (SSSR count). The molecule has 0 saturated carbocycles. The Labute approximate surface area is 164 Å². The SMILES string of the molecule is COc1ccc(CCN2C=CC=C3C2=Nc2ccccc2OS3(O)O)cc1O. The molecule has 0 atom stereocenters. The van der Waals surface area contributed by atoms with Crippen LogP contribution < -0.4 is 8.92 Å². The lowest BCUT2D eigenvalue weighted by Gasteiger charge is -2.33. The van der Waals surface area contributed by atoms with Crippen molar-refractivity contribution in [3.63, 3.8) is 0 Å². The third-order valence-electron chi connectivity index (χ3n) is 4.47. The van der Waals surface area contributed by atoms with Crippen LogP contribution in [0, 0.1) is 0 Å². The Balaban J connectivity index is 1.62. The number of phenolic OH excluding ortho intramolecular Hbond substituents is 1. The molecule has 2 aromatic carbocycles. The highest BCUT2D eigenvalue weighted by Gasteiger charge is 2.36. The third kappa shape index (κ3) is 3.45. The van der Waals surface area contributed by atoms with Crippen molar-refractivity contribution in [3.05, 3.63) is 71.3 Å². The highest BCUT2D eigenvalue weighted by atomic mass is 32.3. The molecule has 3 N–H and O–H groups in total. The second kappa shape index (κ2) is 7.23. The Bertz CT molecular complexity index is 1000. The molecule has 0 amide bonds. The van der Waals surface area contributed by atoms with E-state index in [1.807, 2.05) is 23.2 Å². The molecule has 146 valence electrons. The van der Waals surface area contributed by atoms with Crippen LogP contribution in [0.3, 0.4) is 0 Å². The first kappa shape index (κ1) is 18.4.